The Hall–Kier alpha value is -4.20. The van der Waals surface area contributed by atoms with Crippen LogP contribution in [0.4, 0.5) is 5.69 Å². The van der Waals surface area contributed by atoms with Crippen LogP contribution in [0, 0.1) is 0 Å². The molecule has 1 aromatic heterocycles. The van der Waals surface area contributed by atoms with Gasteiger partial charge in [0, 0.05) is 34.9 Å². The number of halogens is 1. The topological polar surface area (TPSA) is 88.9 Å². The molecule has 3 N–H and O–H groups in total. The number of hydrogen-bond donors (Lipinski definition) is 3. The van der Waals surface area contributed by atoms with Crippen LogP contribution < -0.4 is 0 Å². The van der Waals surface area contributed by atoms with Crippen molar-refractivity contribution in [1.82, 2.24) is 9.88 Å². The normalized spacial score (nSPS) is 11.8. The van der Waals surface area contributed by atoms with Crippen molar-refractivity contribution < 1.29 is 15.0 Å². The van der Waals surface area contributed by atoms with Crippen molar-refractivity contribution in [2.24, 2.45) is 4.99 Å². The van der Waals surface area contributed by atoms with Gasteiger partial charge < -0.3 is 15.2 Å². The molecule has 1 heterocycles. The third-order valence-electron chi connectivity index (χ3n) is 6.73. The zero-order valence-electron chi connectivity index (χ0n) is 22.1. The van der Waals surface area contributed by atoms with Crippen LogP contribution in [0.5, 0.6) is 5.88 Å². The second-order valence-corrected chi connectivity index (χ2v) is 10.8. The molecule has 40 heavy (non-hydrogen) atoms. The Bertz CT molecular complexity index is 1660. The summed E-state index contributed by atoms with van der Waals surface area (Å²) in [6.45, 7) is 1.66. The minimum atomic E-state index is -0.839. The number of aromatic nitrogens is 1. The number of carboxylic acid groups (broad SMARTS) is 1. The molecular formula is C33H30BrN3O3. The smallest absolute Gasteiger partial charge is 0.303 e. The lowest BCUT2D eigenvalue weighted by Crippen LogP contribution is -2.17. The largest absolute Gasteiger partial charge is 0.494 e. The van der Waals surface area contributed by atoms with Crippen LogP contribution in [0.2, 0.25) is 0 Å². The summed E-state index contributed by atoms with van der Waals surface area (Å²) in [5.41, 5.74) is 6.89. The summed E-state index contributed by atoms with van der Waals surface area (Å²) in [5, 5.41) is 21.0. The third-order valence-corrected chi connectivity index (χ3v) is 7.22. The molecule has 0 aliphatic rings. The van der Waals surface area contributed by atoms with E-state index in [-0.39, 0.29) is 12.3 Å². The number of nitrogens with one attached hydrogen (secondary N) is 1. The number of carbonyl (C=O) groups is 1. The highest BCUT2D eigenvalue weighted by Crippen LogP contribution is 2.33. The molecule has 6 nitrogen and oxygen atoms in total. The molecule has 5 aromatic rings. The molecule has 0 saturated heterocycles. The number of aromatic amines is 1. The maximum Gasteiger partial charge on any atom is 0.303 e. The first kappa shape index (κ1) is 27.4. The molecule has 0 aliphatic carbocycles. The van der Waals surface area contributed by atoms with Crippen molar-refractivity contribution in [3.63, 3.8) is 0 Å². The van der Waals surface area contributed by atoms with E-state index in [1.807, 2.05) is 60.7 Å². The first-order valence-electron chi connectivity index (χ1n) is 13.1. The van der Waals surface area contributed by atoms with Crippen molar-refractivity contribution in [2.45, 2.75) is 25.9 Å². The molecule has 0 amide bonds. The molecule has 0 aliphatic heterocycles. The van der Waals surface area contributed by atoms with E-state index in [0.29, 0.717) is 17.7 Å². The van der Waals surface area contributed by atoms with E-state index in [0.717, 1.165) is 45.3 Å². The number of H-pyrrole nitrogens is 1. The molecule has 0 unspecified atom stereocenters. The summed E-state index contributed by atoms with van der Waals surface area (Å²) in [6.07, 6.45) is 0.455. The monoisotopic (exact) mass is 595 g/mol. The van der Waals surface area contributed by atoms with Crippen LogP contribution in [0.25, 0.3) is 10.9 Å². The Morgan fingerprint density at radius 2 is 1.57 bits per heavy atom. The molecular weight excluding hydrogens is 566 g/mol. The van der Waals surface area contributed by atoms with E-state index in [9.17, 15) is 9.90 Å². The minimum Gasteiger partial charge on any atom is -0.494 e. The lowest BCUT2D eigenvalue weighted by Gasteiger charge is -2.17. The predicted octanol–water partition coefficient (Wildman–Crippen LogP) is 7.45. The van der Waals surface area contributed by atoms with E-state index in [1.54, 1.807) is 0 Å². The fourth-order valence-corrected chi connectivity index (χ4v) is 5.21. The summed E-state index contributed by atoms with van der Waals surface area (Å²) in [5.74, 6) is -0.810. The molecule has 0 bridgehead atoms. The summed E-state index contributed by atoms with van der Waals surface area (Å²) < 4.78 is 0.898. The number of benzene rings is 4. The number of aliphatic imine (C=N–C) groups is 1. The molecule has 202 valence electrons. The Morgan fingerprint density at radius 1 is 0.875 bits per heavy atom. The number of aliphatic carboxylic acids is 1. The van der Waals surface area contributed by atoms with Gasteiger partial charge in [-0.2, -0.15) is 0 Å². The second kappa shape index (κ2) is 12.3. The fourth-order valence-electron chi connectivity index (χ4n) is 4.85. The predicted molar refractivity (Wildman–Crippen MR) is 163 cm³/mol. The van der Waals surface area contributed by atoms with Crippen LogP contribution in [-0.4, -0.2) is 38.8 Å². The standard InChI is InChI=1S/C33H30BrN3O3/c1-37(20-23-6-3-2-4-7-23)21-24-10-14-27(15-11-24)35-32(25-9-5-8-22(18-25)12-17-30(38)39)31-28-16-13-26(34)19-29(28)36-33(31)40/h2-11,13-16,18-19,36,40H,12,17,20-21H2,1H3,(H,38,39). The third kappa shape index (κ3) is 6.68. The Morgan fingerprint density at radius 3 is 2.30 bits per heavy atom. The average Bonchev–Trinajstić information content (AvgIpc) is 3.26. The fraction of sp³-hybridized carbons (Fsp3) is 0.152. The molecule has 5 rings (SSSR count). The number of fused-ring (bicyclic) bond motifs is 1. The summed E-state index contributed by atoms with van der Waals surface area (Å²) >= 11 is 3.50. The van der Waals surface area contributed by atoms with Crippen LogP contribution in [0.1, 0.15) is 34.2 Å². The molecule has 0 fully saturated rings. The van der Waals surface area contributed by atoms with Crippen molar-refractivity contribution in [3.05, 3.63) is 129 Å². The van der Waals surface area contributed by atoms with Crippen molar-refractivity contribution in [3.8, 4) is 5.88 Å². The van der Waals surface area contributed by atoms with Crippen LogP contribution in [-0.2, 0) is 24.3 Å². The molecule has 0 spiro atoms. The highest BCUT2D eigenvalue weighted by molar-refractivity contribution is 9.10. The first-order chi connectivity index (χ1) is 19.4. The number of carboxylic acids is 1. The van der Waals surface area contributed by atoms with Gasteiger partial charge in [-0.3, -0.25) is 9.69 Å². The van der Waals surface area contributed by atoms with E-state index in [1.165, 1.54) is 11.1 Å². The highest BCUT2D eigenvalue weighted by Gasteiger charge is 2.19. The molecule has 7 heteroatoms. The maximum atomic E-state index is 11.2. The van der Waals surface area contributed by atoms with Gasteiger partial charge in [0.2, 0.25) is 0 Å². The van der Waals surface area contributed by atoms with E-state index in [2.05, 4.69) is 69.3 Å². The summed E-state index contributed by atoms with van der Waals surface area (Å²) in [4.78, 5) is 21.5. The van der Waals surface area contributed by atoms with Gasteiger partial charge in [-0.25, -0.2) is 4.99 Å². The number of aromatic hydroxyl groups is 1. The number of rotatable bonds is 10. The SMILES string of the molecule is CN(Cc1ccccc1)Cc1ccc(N=C(c2cccc(CCC(=O)O)c2)c2c(O)[nH]c3cc(Br)ccc23)cc1. The van der Waals surface area contributed by atoms with Crippen LogP contribution >= 0.6 is 15.9 Å². The quantitative estimate of drug-likeness (QED) is 0.146. The van der Waals surface area contributed by atoms with Crippen molar-refractivity contribution in [1.29, 1.82) is 0 Å². The van der Waals surface area contributed by atoms with Crippen LogP contribution in [0.15, 0.2) is 107 Å². The average molecular weight is 597 g/mol. The molecule has 4 aromatic carbocycles. The van der Waals surface area contributed by atoms with E-state index in [4.69, 9.17) is 10.1 Å². The Kier molecular flexibility index (Phi) is 8.43. The lowest BCUT2D eigenvalue weighted by atomic mass is 9.97. The zero-order valence-corrected chi connectivity index (χ0v) is 23.7. The van der Waals surface area contributed by atoms with Gasteiger partial charge in [-0.15, -0.1) is 0 Å². The van der Waals surface area contributed by atoms with Gasteiger partial charge in [0.05, 0.1) is 22.5 Å². The lowest BCUT2D eigenvalue weighted by molar-refractivity contribution is -0.136. The van der Waals surface area contributed by atoms with E-state index >= 15 is 0 Å². The van der Waals surface area contributed by atoms with Gasteiger partial charge in [-0.1, -0.05) is 82.7 Å². The molecule has 0 radical (unpaired) electrons. The number of hydrogen-bond acceptors (Lipinski definition) is 4. The second-order valence-electron chi connectivity index (χ2n) is 9.92. The van der Waals surface area contributed by atoms with Crippen molar-refractivity contribution in [2.75, 3.05) is 7.05 Å². The van der Waals surface area contributed by atoms with Gasteiger partial charge in [0.1, 0.15) is 0 Å². The number of aryl methyl sites for hydroxylation is 1. The summed E-state index contributed by atoms with van der Waals surface area (Å²) in [6, 6.07) is 32.0. The Balaban J connectivity index is 1.49. The number of nitrogens with zero attached hydrogens (tertiary/aromatic N) is 2. The zero-order chi connectivity index (χ0) is 28.1. The highest BCUT2D eigenvalue weighted by atomic mass is 79.9. The van der Waals surface area contributed by atoms with Crippen molar-refractivity contribution >= 4 is 44.2 Å². The minimum absolute atomic E-state index is 0.0296. The van der Waals surface area contributed by atoms with Gasteiger partial charge >= 0.3 is 5.97 Å². The summed E-state index contributed by atoms with van der Waals surface area (Å²) in [7, 11) is 2.10. The molecule has 0 saturated carbocycles. The molecule has 0 atom stereocenters. The maximum absolute atomic E-state index is 11.2. The first-order valence-corrected chi connectivity index (χ1v) is 13.9. The van der Waals surface area contributed by atoms with Gasteiger partial charge in [0.25, 0.3) is 0 Å². The van der Waals surface area contributed by atoms with Gasteiger partial charge in [-0.05, 0) is 60.5 Å². The van der Waals surface area contributed by atoms with Gasteiger partial charge in [0.15, 0.2) is 5.88 Å². The van der Waals surface area contributed by atoms with E-state index < -0.39 is 5.97 Å². The van der Waals surface area contributed by atoms with Crippen LogP contribution in [0.3, 0.4) is 0 Å². The Labute approximate surface area is 241 Å².